The Bertz CT molecular complexity index is 51.8. The van der Waals surface area contributed by atoms with Gasteiger partial charge in [0.05, 0.1) is 0 Å². The van der Waals surface area contributed by atoms with E-state index in [2.05, 4.69) is 0 Å². The Labute approximate surface area is 85.7 Å². The predicted molar refractivity (Wildman–Crippen MR) is 59.2 cm³/mol. The number of hydrogen-bond donors (Lipinski definition) is 2. The van der Waals surface area contributed by atoms with Crippen LogP contribution in [0.2, 0.25) is 0 Å². The minimum Gasteiger partial charge on any atom is -0.330 e. The van der Waals surface area contributed by atoms with Crippen molar-refractivity contribution in [2.75, 3.05) is 24.6 Å². The molecule has 0 aliphatic heterocycles. The third-order valence-corrected chi connectivity index (χ3v) is 2.14. The fraction of sp³-hybridized carbons (Fsp3) is 1.00. The van der Waals surface area contributed by atoms with E-state index in [-0.39, 0.29) is 24.8 Å². The van der Waals surface area contributed by atoms with Gasteiger partial charge < -0.3 is 11.5 Å². The molecule has 0 spiro atoms. The molecule has 2 nitrogen and oxygen atoms in total. The second-order valence-corrected chi connectivity index (χ2v) is 3.12. The van der Waals surface area contributed by atoms with Gasteiger partial charge in [-0.2, -0.15) is 11.8 Å². The molecule has 0 aliphatic rings. The van der Waals surface area contributed by atoms with Crippen molar-refractivity contribution in [3.63, 3.8) is 0 Å². The molecular formula is C6H18Cl2N2S. The van der Waals surface area contributed by atoms with Crippen LogP contribution in [0.15, 0.2) is 0 Å². The first kappa shape index (κ1) is 17.8. The van der Waals surface area contributed by atoms with Gasteiger partial charge >= 0.3 is 0 Å². The van der Waals surface area contributed by atoms with Crippen LogP contribution in [-0.4, -0.2) is 24.6 Å². The van der Waals surface area contributed by atoms with Gasteiger partial charge in [-0.25, -0.2) is 0 Å². The average molecular weight is 221 g/mol. The summed E-state index contributed by atoms with van der Waals surface area (Å²) in [5.41, 5.74) is 10.6. The minimum absolute atomic E-state index is 0. The Kier molecular flexibility index (Phi) is 27.7. The quantitative estimate of drug-likeness (QED) is 0.664. The highest BCUT2D eigenvalue weighted by Gasteiger charge is 1.85. The molecule has 0 unspecified atom stereocenters. The maximum absolute atomic E-state index is 5.31. The van der Waals surface area contributed by atoms with Gasteiger partial charge in [-0.1, -0.05) is 0 Å². The highest BCUT2D eigenvalue weighted by molar-refractivity contribution is 7.99. The first-order chi connectivity index (χ1) is 4.41. The van der Waals surface area contributed by atoms with E-state index in [1.165, 1.54) is 11.5 Å². The molecule has 0 amide bonds. The molecule has 0 radical (unpaired) electrons. The summed E-state index contributed by atoms with van der Waals surface area (Å²) < 4.78 is 0. The summed E-state index contributed by atoms with van der Waals surface area (Å²) >= 11 is 1.94. The van der Waals surface area contributed by atoms with E-state index >= 15 is 0 Å². The molecule has 11 heavy (non-hydrogen) atoms. The third kappa shape index (κ3) is 18.1. The molecular weight excluding hydrogens is 203 g/mol. The molecule has 0 bridgehead atoms. The summed E-state index contributed by atoms with van der Waals surface area (Å²) in [7, 11) is 0. The van der Waals surface area contributed by atoms with Gasteiger partial charge in [0.2, 0.25) is 0 Å². The van der Waals surface area contributed by atoms with Crippen LogP contribution in [0.3, 0.4) is 0 Å². The van der Waals surface area contributed by atoms with Gasteiger partial charge in [0.25, 0.3) is 0 Å². The Morgan fingerprint density at radius 2 is 1.18 bits per heavy atom. The first-order valence-electron chi connectivity index (χ1n) is 3.39. The topological polar surface area (TPSA) is 52.0 Å². The lowest BCUT2D eigenvalue weighted by molar-refractivity contribution is 0.925. The number of rotatable bonds is 6. The van der Waals surface area contributed by atoms with Gasteiger partial charge in [-0.05, 0) is 37.4 Å². The van der Waals surface area contributed by atoms with E-state index in [1.807, 2.05) is 11.8 Å². The number of thioether (sulfide) groups is 1. The fourth-order valence-corrected chi connectivity index (χ4v) is 1.42. The molecule has 0 aromatic heterocycles. The average Bonchev–Trinajstić information content (AvgIpc) is 1.89. The van der Waals surface area contributed by atoms with Crippen molar-refractivity contribution in [1.29, 1.82) is 0 Å². The maximum atomic E-state index is 5.31. The molecule has 5 heteroatoms. The molecule has 0 atom stereocenters. The molecule has 0 aliphatic carbocycles. The van der Waals surface area contributed by atoms with Crippen molar-refractivity contribution in [2.45, 2.75) is 12.8 Å². The highest BCUT2D eigenvalue weighted by atomic mass is 35.5. The summed E-state index contributed by atoms with van der Waals surface area (Å²) in [5, 5.41) is 0. The Morgan fingerprint density at radius 1 is 0.818 bits per heavy atom. The van der Waals surface area contributed by atoms with E-state index in [1.54, 1.807) is 0 Å². The molecule has 0 saturated carbocycles. The number of nitrogens with two attached hydrogens (primary N) is 2. The zero-order chi connectivity index (χ0) is 6.95. The van der Waals surface area contributed by atoms with E-state index in [0.717, 1.165) is 25.9 Å². The van der Waals surface area contributed by atoms with Crippen molar-refractivity contribution in [1.82, 2.24) is 0 Å². The van der Waals surface area contributed by atoms with Crippen LogP contribution in [0, 0.1) is 0 Å². The van der Waals surface area contributed by atoms with Gasteiger partial charge in [0, 0.05) is 0 Å². The first-order valence-corrected chi connectivity index (χ1v) is 4.55. The van der Waals surface area contributed by atoms with E-state index in [4.69, 9.17) is 11.5 Å². The van der Waals surface area contributed by atoms with Gasteiger partial charge in [0.15, 0.2) is 0 Å². The summed E-state index contributed by atoms with van der Waals surface area (Å²) in [6.07, 6.45) is 2.27. The molecule has 4 N–H and O–H groups in total. The van der Waals surface area contributed by atoms with Gasteiger partial charge in [0.1, 0.15) is 0 Å². The zero-order valence-corrected chi connectivity index (χ0v) is 9.07. The summed E-state index contributed by atoms with van der Waals surface area (Å²) in [6.45, 7) is 1.63. The van der Waals surface area contributed by atoms with Gasteiger partial charge in [-0.15, -0.1) is 24.8 Å². The lowest BCUT2D eigenvalue weighted by atomic mass is 10.5. The van der Waals surface area contributed by atoms with Crippen molar-refractivity contribution in [2.24, 2.45) is 11.5 Å². The molecule has 0 aromatic rings. The van der Waals surface area contributed by atoms with Crippen molar-refractivity contribution < 1.29 is 0 Å². The molecule has 0 fully saturated rings. The summed E-state index contributed by atoms with van der Waals surface area (Å²) in [6, 6.07) is 0. The van der Waals surface area contributed by atoms with E-state index in [0.29, 0.717) is 0 Å². The fourth-order valence-electron chi connectivity index (χ4n) is 0.473. The standard InChI is InChI=1S/C6H16N2S.2ClH/c7-3-1-5-9-6-2-4-8;;/h1-8H2;2*1H. The maximum Gasteiger partial charge on any atom is -0.00555 e. The van der Waals surface area contributed by atoms with E-state index < -0.39 is 0 Å². The summed E-state index contributed by atoms with van der Waals surface area (Å²) in [5.74, 6) is 2.38. The predicted octanol–water partition coefficient (Wildman–Crippen LogP) is 1.26. The monoisotopic (exact) mass is 220 g/mol. The largest absolute Gasteiger partial charge is 0.330 e. The van der Waals surface area contributed by atoms with Crippen LogP contribution in [0.4, 0.5) is 0 Å². The lowest BCUT2D eigenvalue weighted by Gasteiger charge is -1.96. The van der Waals surface area contributed by atoms with Crippen LogP contribution < -0.4 is 11.5 Å². The molecule has 0 aromatic carbocycles. The van der Waals surface area contributed by atoms with Crippen molar-refractivity contribution in [3.8, 4) is 0 Å². The molecule has 0 rings (SSSR count). The summed E-state index contributed by atoms with van der Waals surface area (Å²) in [4.78, 5) is 0. The minimum atomic E-state index is 0. The van der Waals surface area contributed by atoms with Crippen LogP contribution in [0.5, 0.6) is 0 Å². The third-order valence-electron chi connectivity index (χ3n) is 0.986. The highest BCUT2D eigenvalue weighted by Crippen LogP contribution is 2.02. The normalized spacial score (nSPS) is 8.18. The van der Waals surface area contributed by atoms with Crippen molar-refractivity contribution >= 4 is 36.6 Å². The molecule has 72 valence electrons. The second kappa shape index (κ2) is 17.1. The van der Waals surface area contributed by atoms with Crippen LogP contribution in [0.1, 0.15) is 12.8 Å². The Balaban J connectivity index is -0.000000320. The number of halogens is 2. The van der Waals surface area contributed by atoms with Crippen LogP contribution >= 0.6 is 36.6 Å². The second-order valence-electron chi connectivity index (χ2n) is 1.90. The van der Waals surface area contributed by atoms with E-state index in [9.17, 15) is 0 Å². The Morgan fingerprint density at radius 3 is 1.45 bits per heavy atom. The Hall–Kier alpha value is 0.850. The zero-order valence-electron chi connectivity index (χ0n) is 6.62. The SMILES string of the molecule is Cl.Cl.NCCCSCCCN. The van der Waals surface area contributed by atoms with Crippen molar-refractivity contribution in [3.05, 3.63) is 0 Å². The van der Waals surface area contributed by atoms with Gasteiger partial charge in [-0.3, -0.25) is 0 Å². The smallest absolute Gasteiger partial charge is 0.00555 e. The van der Waals surface area contributed by atoms with Crippen LogP contribution in [-0.2, 0) is 0 Å². The lowest BCUT2D eigenvalue weighted by Crippen LogP contribution is -2.02. The number of hydrogen-bond acceptors (Lipinski definition) is 3. The molecule has 0 heterocycles. The van der Waals surface area contributed by atoms with Crippen LogP contribution in [0.25, 0.3) is 0 Å². The molecule has 0 saturated heterocycles.